The monoisotopic (exact) mass is 230 g/mol. The van der Waals surface area contributed by atoms with E-state index in [0.29, 0.717) is 17.1 Å². The van der Waals surface area contributed by atoms with Crippen molar-refractivity contribution in [2.24, 2.45) is 11.3 Å². The molecule has 1 aliphatic carbocycles. The lowest BCUT2D eigenvalue weighted by molar-refractivity contribution is -0.0574. The molecule has 2 aliphatic rings. The van der Waals surface area contributed by atoms with Crippen molar-refractivity contribution in [1.82, 2.24) is 0 Å². The number of rotatable bonds is 1. The summed E-state index contributed by atoms with van der Waals surface area (Å²) in [5.74, 6) is 1.11. The van der Waals surface area contributed by atoms with Gasteiger partial charge in [0.25, 0.3) is 0 Å². The maximum atomic E-state index is 5.93. The van der Waals surface area contributed by atoms with E-state index < -0.39 is 0 Å². The molecule has 2 rings (SSSR count). The lowest BCUT2D eigenvalue weighted by atomic mass is 9.63. The number of alkyl halides is 1. The average molecular weight is 231 g/mol. The first-order valence-electron chi connectivity index (χ1n) is 5.77. The molecule has 1 heterocycles. The summed E-state index contributed by atoms with van der Waals surface area (Å²) in [5.41, 5.74) is 0.200. The van der Waals surface area contributed by atoms with Gasteiger partial charge < -0.3 is 9.31 Å². The molecule has 0 aromatic carbocycles. The Morgan fingerprint density at radius 1 is 1.40 bits per heavy atom. The molecule has 0 spiro atoms. The van der Waals surface area contributed by atoms with Gasteiger partial charge in [-0.25, -0.2) is 0 Å². The van der Waals surface area contributed by atoms with Crippen LogP contribution in [0.4, 0.5) is 0 Å². The quantitative estimate of drug-likeness (QED) is 0.509. The molecule has 0 bridgehead atoms. The topological polar surface area (TPSA) is 18.5 Å². The second-order valence-corrected chi connectivity index (χ2v) is 6.25. The van der Waals surface area contributed by atoms with Crippen molar-refractivity contribution < 1.29 is 9.31 Å². The minimum Gasteiger partial charge on any atom is -0.405 e. The Labute approximate surface area is 97.8 Å². The molecule has 2 unspecified atom stereocenters. The second kappa shape index (κ2) is 3.64. The van der Waals surface area contributed by atoms with Crippen molar-refractivity contribution in [3.05, 3.63) is 0 Å². The van der Waals surface area contributed by atoms with Crippen LogP contribution in [-0.4, -0.2) is 24.6 Å². The molecule has 1 saturated carbocycles. The third kappa shape index (κ3) is 1.94. The zero-order valence-electron chi connectivity index (χ0n) is 10.0. The Kier molecular flexibility index (Phi) is 2.85. The minimum atomic E-state index is -0.206. The zero-order chi connectivity index (χ0) is 11.3. The van der Waals surface area contributed by atoms with E-state index in [-0.39, 0.29) is 18.8 Å². The number of fused-ring (bicyclic) bond motifs is 1. The average Bonchev–Trinajstić information content (AvgIpc) is 2.41. The Morgan fingerprint density at radius 2 is 2.07 bits per heavy atom. The molecule has 4 heteroatoms. The van der Waals surface area contributed by atoms with Gasteiger partial charge in [-0.05, 0) is 31.1 Å². The molecule has 0 amide bonds. The number of hydrogen-bond donors (Lipinski definition) is 0. The Balaban J connectivity index is 2.16. The first-order chi connectivity index (χ1) is 6.87. The second-order valence-electron chi connectivity index (χ2n) is 5.94. The normalized spacial score (nSPS) is 44.2. The third-order valence-corrected chi connectivity index (χ3v) is 4.48. The first-order valence-corrected chi connectivity index (χ1v) is 6.30. The molecule has 2 fully saturated rings. The van der Waals surface area contributed by atoms with E-state index in [1.807, 2.05) is 0 Å². The highest BCUT2D eigenvalue weighted by Gasteiger charge is 2.54. The first kappa shape index (κ1) is 11.8. The van der Waals surface area contributed by atoms with E-state index in [1.54, 1.807) is 0 Å². The molecule has 15 heavy (non-hydrogen) atoms. The van der Waals surface area contributed by atoms with E-state index in [0.717, 1.165) is 12.8 Å². The van der Waals surface area contributed by atoms with Gasteiger partial charge in [0.15, 0.2) is 0 Å². The molecule has 0 radical (unpaired) electrons. The van der Waals surface area contributed by atoms with Gasteiger partial charge in [-0.15, -0.1) is 11.6 Å². The molecule has 1 aliphatic heterocycles. The maximum Gasteiger partial charge on any atom is 0.473 e. The largest absolute Gasteiger partial charge is 0.473 e. The van der Waals surface area contributed by atoms with Crippen LogP contribution in [0, 0.1) is 11.3 Å². The Bertz CT molecular complexity index is 259. The zero-order valence-corrected chi connectivity index (χ0v) is 10.8. The molecular weight excluding hydrogens is 210 g/mol. The van der Waals surface area contributed by atoms with Crippen LogP contribution in [0.3, 0.4) is 0 Å². The van der Waals surface area contributed by atoms with Crippen molar-refractivity contribution in [3.8, 4) is 0 Å². The summed E-state index contributed by atoms with van der Waals surface area (Å²) >= 11 is 5.79. The highest BCUT2D eigenvalue weighted by Crippen LogP contribution is 2.50. The molecule has 3 atom stereocenters. The van der Waals surface area contributed by atoms with Crippen molar-refractivity contribution in [2.75, 3.05) is 5.78 Å². The van der Waals surface area contributed by atoms with Crippen LogP contribution in [0.2, 0.25) is 0 Å². The van der Waals surface area contributed by atoms with Gasteiger partial charge in [-0.3, -0.25) is 0 Å². The molecule has 2 nitrogen and oxygen atoms in total. The highest BCUT2D eigenvalue weighted by atomic mass is 35.5. The fourth-order valence-corrected chi connectivity index (χ4v) is 3.11. The summed E-state index contributed by atoms with van der Waals surface area (Å²) in [7, 11) is -0.206. The summed E-state index contributed by atoms with van der Waals surface area (Å²) in [6.07, 6.45) is 2.36. The van der Waals surface area contributed by atoms with Gasteiger partial charge in [0, 0.05) is 0 Å². The minimum absolute atomic E-state index is 0.129. The van der Waals surface area contributed by atoms with Crippen LogP contribution in [0.25, 0.3) is 0 Å². The summed E-state index contributed by atoms with van der Waals surface area (Å²) < 4.78 is 11.8. The molecule has 0 aromatic rings. The van der Waals surface area contributed by atoms with Gasteiger partial charge in [0.2, 0.25) is 0 Å². The Morgan fingerprint density at radius 3 is 2.67 bits per heavy atom. The van der Waals surface area contributed by atoms with E-state index in [9.17, 15) is 0 Å². The smallest absolute Gasteiger partial charge is 0.405 e. The summed E-state index contributed by atoms with van der Waals surface area (Å²) in [6, 6.07) is 0. The molecule has 86 valence electrons. The van der Waals surface area contributed by atoms with Crippen LogP contribution < -0.4 is 0 Å². The van der Waals surface area contributed by atoms with E-state index >= 15 is 0 Å². The van der Waals surface area contributed by atoms with Gasteiger partial charge in [-0.2, -0.15) is 0 Å². The predicted molar refractivity (Wildman–Crippen MR) is 63.0 cm³/mol. The third-order valence-electron chi connectivity index (χ3n) is 4.23. The van der Waals surface area contributed by atoms with E-state index in [2.05, 4.69) is 27.7 Å². The van der Waals surface area contributed by atoms with Gasteiger partial charge in [-0.1, -0.05) is 20.8 Å². The van der Waals surface area contributed by atoms with E-state index in [1.165, 1.54) is 0 Å². The van der Waals surface area contributed by atoms with Gasteiger partial charge in [0.05, 0.1) is 17.5 Å². The van der Waals surface area contributed by atoms with Crippen molar-refractivity contribution in [3.63, 3.8) is 0 Å². The summed E-state index contributed by atoms with van der Waals surface area (Å²) in [4.78, 5) is 0. The fraction of sp³-hybridized carbons (Fsp3) is 1.00. The SMILES string of the molecule is C[C@H]1CC2OB(CCl)OC2(C)CC1(C)C. The molecule has 0 N–H and O–H groups in total. The fourth-order valence-electron chi connectivity index (χ4n) is 2.98. The molecular formula is C11H20BClO2. The van der Waals surface area contributed by atoms with Gasteiger partial charge in [0.1, 0.15) is 0 Å². The molecule has 1 saturated heterocycles. The number of halogens is 1. The van der Waals surface area contributed by atoms with Crippen LogP contribution >= 0.6 is 11.6 Å². The predicted octanol–water partition coefficient (Wildman–Crippen LogP) is 2.88. The molecule has 0 aromatic heterocycles. The van der Waals surface area contributed by atoms with Crippen molar-refractivity contribution >= 4 is 18.7 Å². The van der Waals surface area contributed by atoms with Crippen LogP contribution in [-0.2, 0) is 9.31 Å². The summed E-state index contributed by atoms with van der Waals surface area (Å²) in [5, 5.41) is 0. The van der Waals surface area contributed by atoms with Crippen molar-refractivity contribution in [2.45, 2.75) is 52.2 Å². The van der Waals surface area contributed by atoms with Crippen LogP contribution in [0.1, 0.15) is 40.5 Å². The number of hydrogen-bond acceptors (Lipinski definition) is 2. The van der Waals surface area contributed by atoms with Gasteiger partial charge >= 0.3 is 7.12 Å². The van der Waals surface area contributed by atoms with Crippen LogP contribution in [0.5, 0.6) is 0 Å². The Hall–Kier alpha value is 0.275. The lowest BCUT2D eigenvalue weighted by Gasteiger charge is -2.47. The van der Waals surface area contributed by atoms with E-state index in [4.69, 9.17) is 20.9 Å². The summed E-state index contributed by atoms with van der Waals surface area (Å²) in [6.45, 7) is 9.10. The van der Waals surface area contributed by atoms with Crippen molar-refractivity contribution in [1.29, 1.82) is 0 Å². The lowest BCUT2D eigenvalue weighted by Crippen LogP contribution is -2.49. The van der Waals surface area contributed by atoms with Crippen LogP contribution in [0.15, 0.2) is 0 Å². The standard InChI is InChI=1S/C11H20BClO2/c1-8-5-9-11(4,6-10(8,2)3)15-12(7-13)14-9/h8-9H,5-7H2,1-4H3/t8-,9?,11?/m0/s1. The highest BCUT2D eigenvalue weighted by molar-refractivity contribution is 6.57. The maximum absolute atomic E-state index is 5.93.